The number of nitrogens with zero attached hydrogens (tertiary/aromatic N) is 4. The van der Waals surface area contributed by atoms with Crippen molar-refractivity contribution < 1.29 is 9.15 Å². The topological polar surface area (TPSA) is 66.0 Å². The van der Waals surface area contributed by atoms with Crippen LogP contribution in [-0.4, -0.2) is 20.0 Å². The van der Waals surface area contributed by atoms with Crippen LogP contribution in [0.4, 0.5) is 0 Å². The van der Waals surface area contributed by atoms with Gasteiger partial charge in [0.05, 0.1) is 26.5 Å². The fourth-order valence-electron chi connectivity index (χ4n) is 3.18. The lowest BCUT2D eigenvalue weighted by Gasteiger charge is -2.11. The second kappa shape index (κ2) is 9.71. The van der Waals surface area contributed by atoms with E-state index in [4.69, 9.17) is 55.6 Å². The maximum atomic E-state index is 6.20. The van der Waals surface area contributed by atoms with Crippen LogP contribution in [0.5, 0.6) is 5.75 Å². The molecular formula is C22H18Cl4N4O2. The first-order chi connectivity index (χ1) is 15.3. The van der Waals surface area contributed by atoms with Crippen molar-refractivity contribution in [2.75, 3.05) is 0 Å². The van der Waals surface area contributed by atoms with Crippen LogP contribution >= 0.6 is 46.4 Å². The number of aryl methyl sites for hydroxylation is 3. The van der Waals surface area contributed by atoms with Crippen molar-refractivity contribution in [3.8, 4) is 17.2 Å². The van der Waals surface area contributed by atoms with Gasteiger partial charge in [0.2, 0.25) is 11.8 Å². The molecule has 0 N–H and O–H groups in total. The van der Waals surface area contributed by atoms with Gasteiger partial charge < -0.3 is 9.15 Å². The second-order valence-electron chi connectivity index (χ2n) is 7.15. The summed E-state index contributed by atoms with van der Waals surface area (Å²) >= 11 is 24.5. The molecule has 0 fully saturated rings. The van der Waals surface area contributed by atoms with Crippen LogP contribution in [0.1, 0.15) is 22.8 Å². The van der Waals surface area contributed by atoms with E-state index in [0.29, 0.717) is 50.6 Å². The number of halogens is 4. The molecule has 0 spiro atoms. The average molecular weight is 512 g/mol. The Balaban J connectivity index is 1.43. The van der Waals surface area contributed by atoms with Crippen LogP contribution < -0.4 is 4.74 Å². The van der Waals surface area contributed by atoms with E-state index < -0.39 is 0 Å². The van der Waals surface area contributed by atoms with E-state index in [1.54, 1.807) is 12.1 Å². The maximum Gasteiger partial charge on any atom is 0.247 e. The van der Waals surface area contributed by atoms with Gasteiger partial charge in [0.15, 0.2) is 5.75 Å². The minimum Gasteiger partial charge on any atom is -0.486 e. The van der Waals surface area contributed by atoms with Crippen molar-refractivity contribution >= 4 is 46.4 Å². The third kappa shape index (κ3) is 5.04. The van der Waals surface area contributed by atoms with Crippen molar-refractivity contribution in [3.63, 3.8) is 0 Å². The van der Waals surface area contributed by atoms with E-state index in [2.05, 4.69) is 15.3 Å². The normalized spacial score (nSPS) is 11.2. The van der Waals surface area contributed by atoms with Crippen molar-refractivity contribution in [1.29, 1.82) is 0 Å². The van der Waals surface area contributed by atoms with Gasteiger partial charge >= 0.3 is 0 Å². The number of rotatable bonds is 7. The first kappa shape index (κ1) is 22.9. The summed E-state index contributed by atoms with van der Waals surface area (Å²) in [5.74, 6) is 1.33. The molecule has 2 aromatic heterocycles. The molecular weight excluding hydrogens is 494 g/mol. The first-order valence-corrected chi connectivity index (χ1v) is 11.2. The summed E-state index contributed by atoms with van der Waals surface area (Å²) in [7, 11) is 0. The molecule has 0 unspecified atom stereocenters. The lowest BCUT2D eigenvalue weighted by molar-refractivity contribution is 0.306. The Bertz CT molecular complexity index is 1250. The number of hydrogen-bond acceptors (Lipinski definition) is 5. The van der Waals surface area contributed by atoms with Gasteiger partial charge in [-0.3, -0.25) is 4.68 Å². The molecule has 2 heterocycles. The highest BCUT2D eigenvalue weighted by Gasteiger charge is 2.14. The molecule has 0 saturated carbocycles. The van der Waals surface area contributed by atoms with Gasteiger partial charge in [0, 0.05) is 23.6 Å². The summed E-state index contributed by atoms with van der Waals surface area (Å²) in [5, 5.41) is 14.6. The van der Waals surface area contributed by atoms with Crippen molar-refractivity contribution in [1.82, 2.24) is 20.0 Å². The molecule has 32 heavy (non-hydrogen) atoms. The molecule has 0 aliphatic heterocycles. The van der Waals surface area contributed by atoms with Gasteiger partial charge in [-0.25, -0.2) is 0 Å². The summed E-state index contributed by atoms with van der Waals surface area (Å²) in [6.45, 7) is 4.66. The summed E-state index contributed by atoms with van der Waals surface area (Å²) in [5.41, 5.74) is 3.39. The molecule has 0 aliphatic carbocycles. The van der Waals surface area contributed by atoms with Crippen molar-refractivity contribution in [2.45, 2.75) is 33.4 Å². The molecule has 10 heteroatoms. The predicted octanol–water partition coefficient (Wildman–Crippen LogP) is 6.99. The van der Waals surface area contributed by atoms with Crippen LogP contribution in [0.25, 0.3) is 11.5 Å². The molecule has 2 aromatic carbocycles. The molecule has 0 radical (unpaired) electrons. The molecule has 0 atom stereocenters. The van der Waals surface area contributed by atoms with Crippen molar-refractivity contribution in [3.05, 3.63) is 79.3 Å². The Labute approximate surface area is 205 Å². The molecule has 0 aliphatic rings. The quantitative estimate of drug-likeness (QED) is 0.267. The lowest BCUT2D eigenvalue weighted by Crippen LogP contribution is -2.05. The Morgan fingerprint density at radius 3 is 2.44 bits per heavy atom. The summed E-state index contributed by atoms with van der Waals surface area (Å²) < 4.78 is 13.5. The zero-order chi connectivity index (χ0) is 22.8. The van der Waals surface area contributed by atoms with Gasteiger partial charge in [-0.1, -0.05) is 58.5 Å². The minimum atomic E-state index is 0.259. The molecule has 0 bridgehead atoms. The molecule has 4 aromatic rings. The Morgan fingerprint density at radius 1 is 1.00 bits per heavy atom. The Kier molecular flexibility index (Phi) is 6.96. The summed E-state index contributed by atoms with van der Waals surface area (Å²) in [4.78, 5) is 0. The first-order valence-electron chi connectivity index (χ1n) is 9.70. The monoisotopic (exact) mass is 510 g/mol. The largest absolute Gasteiger partial charge is 0.486 e. The zero-order valence-corrected chi connectivity index (χ0v) is 20.2. The Morgan fingerprint density at radius 2 is 1.75 bits per heavy atom. The van der Waals surface area contributed by atoms with Gasteiger partial charge in [0.1, 0.15) is 6.61 Å². The highest BCUT2D eigenvalue weighted by atomic mass is 35.5. The molecule has 4 rings (SSSR count). The number of hydrogen-bond donors (Lipinski definition) is 0. The fraction of sp³-hybridized carbons (Fsp3) is 0.227. The van der Waals surface area contributed by atoms with E-state index >= 15 is 0 Å². The van der Waals surface area contributed by atoms with Gasteiger partial charge in [0.25, 0.3) is 0 Å². The average Bonchev–Trinajstić information content (AvgIpc) is 3.32. The van der Waals surface area contributed by atoms with Crippen molar-refractivity contribution in [2.24, 2.45) is 0 Å². The molecule has 0 amide bonds. The number of ether oxygens (including phenoxy) is 1. The third-order valence-electron chi connectivity index (χ3n) is 4.82. The fourth-order valence-corrected chi connectivity index (χ4v) is 4.24. The van der Waals surface area contributed by atoms with Gasteiger partial charge in [-0.15, -0.1) is 10.2 Å². The highest BCUT2D eigenvalue weighted by Crippen LogP contribution is 2.36. The van der Waals surface area contributed by atoms with E-state index in [9.17, 15) is 0 Å². The van der Waals surface area contributed by atoms with E-state index in [1.807, 2.05) is 42.8 Å². The smallest absolute Gasteiger partial charge is 0.247 e. The van der Waals surface area contributed by atoms with Crippen LogP contribution in [-0.2, 0) is 19.6 Å². The van der Waals surface area contributed by atoms with Gasteiger partial charge in [-0.2, -0.15) is 5.10 Å². The molecule has 0 saturated heterocycles. The third-order valence-corrected chi connectivity index (χ3v) is 6.14. The number of benzene rings is 2. The van der Waals surface area contributed by atoms with E-state index in [1.165, 1.54) is 0 Å². The van der Waals surface area contributed by atoms with E-state index in [0.717, 1.165) is 22.5 Å². The second-order valence-corrected chi connectivity index (χ2v) is 8.78. The predicted molar refractivity (Wildman–Crippen MR) is 126 cm³/mol. The minimum absolute atomic E-state index is 0.259. The van der Waals surface area contributed by atoms with Crippen LogP contribution in [0.3, 0.4) is 0 Å². The van der Waals surface area contributed by atoms with Crippen LogP contribution in [0.15, 0.2) is 40.8 Å². The van der Waals surface area contributed by atoms with Gasteiger partial charge in [-0.05, 0) is 43.7 Å². The lowest BCUT2D eigenvalue weighted by atomic mass is 10.1. The number of aromatic nitrogens is 4. The summed E-state index contributed by atoms with van der Waals surface area (Å²) in [6.07, 6.45) is 0.543. The Hall–Kier alpha value is -2.25. The van der Waals surface area contributed by atoms with Crippen LogP contribution in [0.2, 0.25) is 20.1 Å². The summed E-state index contributed by atoms with van der Waals surface area (Å²) in [6, 6.07) is 10.8. The molecule has 166 valence electrons. The molecule has 6 nitrogen and oxygen atoms in total. The standard InChI is InChI=1S/C22H18Cl4N4O2/c1-12-20(26)13(2)30(29-12)7-6-19-27-28-22(32-19)15-5-3-4-14(8-15)11-31-21-17(24)9-16(23)10-18(21)25/h3-5,8-10H,6-7,11H2,1-2H3. The van der Waals surface area contributed by atoms with Crippen LogP contribution in [0, 0.1) is 13.8 Å². The zero-order valence-electron chi connectivity index (χ0n) is 17.2. The highest BCUT2D eigenvalue weighted by molar-refractivity contribution is 6.40. The SMILES string of the molecule is Cc1nn(CCc2nnc(-c3cccc(COc4c(Cl)cc(Cl)cc4Cl)c3)o2)c(C)c1Cl. The van der Waals surface area contributed by atoms with E-state index in [-0.39, 0.29) is 6.61 Å². The maximum absolute atomic E-state index is 6.20.